The lowest BCUT2D eigenvalue weighted by Gasteiger charge is -2.07. The molecule has 0 atom stereocenters. The average molecular weight is 555 g/mol. The third kappa shape index (κ3) is 3.59. The minimum atomic E-state index is 0.709. The zero-order valence-corrected chi connectivity index (χ0v) is 23.2. The largest absolute Gasteiger partial charge is 0.452 e. The molecule has 0 unspecified atom stereocenters. The van der Waals surface area contributed by atoms with Gasteiger partial charge in [-0.15, -0.1) is 11.3 Å². The summed E-state index contributed by atoms with van der Waals surface area (Å²) in [6, 6.07) is 45.2. The quantitative estimate of drug-likeness (QED) is 0.218. The second-order valence-electron chi connectivity index (χ2n) is 10.6. The molecule has 0 radical (unpaired) electrons. The molecule has 6 aromatic carbocycles. The molecule has 9 aromatic rings. The Kier molecular flexibility index (Phi) is 5.07. The second-order valence-corrected chi connectivity index (χ2v) is 11.7. The summed E-state index contributed by atoms with van der Waals surface area (Å²) < 4.78 is 9.04. The van der Waals surface area contributed by atoms with Gasteiger partial charge in [0.15, 0.2) is 5.58 Å². The Hall–Kier alpha value is -5.32. The smallest absolute Gasteiger partial charge is 0.180 e. The maximum absolute atomic E-state index is 6.43. The van der Waals surface area contributed by atoms with Crippen molar-refractivity contribution in [1.29, 1.82) is 0 Å². The molecule has 0 aliphatic carbocycles. The summed E-state index contributed by atoms with van der Waals surface area (Å²) in [5.74, 6) is 0. The Morgan fingerprint density at radius 3 is 2.29 bits per heavy atom. The van der Waals surface area contributed by atoms with E-state index in [2.05, 4.69) is 126 Å². The van der Waals surface area contributed by atoms with Gasteiger partial charge >= 0.3 is 0 Å². The van der Waals surface area contributed by atoms with Gasteiger partial charge in [0.1, 0.15) is 23.1 Å². The number of hydrogen-bond donors (Lipinski definition) is 0. The molecule has 0 aliphatic heterocycles. The molecule has 0 aliphatic rings. The fourth-order valence-electron chi connectivity index (χ4n) is 6.14. The predicted molar refractivity (Wildman–Crippen MR) is 176 cm³/mol. The van der Waals surface area contributed by atoms with E-state index in [4.69, 9.17) is 9.40 Å². The lowest BCUT2D eigenvalue weighted by atomic mass is 9.99. The fourth-order valence-corrected chi connectivity index (χ4v) is 7.38. The van der Waals surface area contributed by atoms with Crippen LogP contribution in [0.15, 0.2) is 138 Å². The molecule has 3 nitrogen and oxygen atoms in total. The Balaban J connectivity index is 1.18. The van der Waals surface area contributed by atoms with Crippen molar-refractivity contribution in [3.63, 3.8) is 0 Å². The summed E-state index contributed by atoms with van der Waals surface area (Å²) in [6.45, 7) is 0. The van der Waals surface area contributed by atoms with Crippen molar-refractivity contribution in [2.45, 2.75) is 0 Å². The van der Waals surface area contributed by atoms with Crippen LogP contribution >= 0.6 is 11.3 Å². The number of nitrogens with zero attached hydrogens (tertiary/aromatic N) is 2. The van der Waals surface area contributed by atoms with Crippen molar-refractivity contribution >= 4 is 64.4 Å². The minimum absolute atomic E-state index is 0.709. The summed E-state index contributed by atoms with van der Waals surface area (Å²) in [7, 11) is 0. The normalized spacial score (nSPS) is 11.8. The number of fused-ring (bicyclic) bond motifs is 7. The highest BCUT2D eigenvalue weighted by Gasteiger charge is 2.17. The highest BCUT2D eigenvalue weighted by Crippen LogP contribution is 2.41. The van der Waals surface area contributed by atoms with Crippen LogP contribution in [0.1, 0.15) is 0 Å². The van der Waals surface area contributed by atoms with E-state index in [1.54, 1.807) is 6.33 Å². The highest BCUT2D eigenvalue weighted by atomic mass is 32.1. The molecule has 0 amide bonds. The van der Waals surface area contributed by atoms with Gasteiger partial charge in [-0.05, 0) is 63.4 Å². The molecule has 0 N–H and O–H groups in total. The highest BCUT2D eigenvalue weighted by molar-refractivity contribution is 7.26. The van der Waals surface area contributed by atoms with E-state index in [1.165, 1.54) is 42.1 Å². The molecular formula is C38H22N2OS. The molecule has 9 rings (SSSR count). The number of furan rings is 1. The predicted octanol–water partition coefficient (Wildman–Crippen LogP) is 10.9. The maximum atomic E-state index is 6.43. The number of rotatable bonds is 3. The van der Waals surface area contributed by atoms with Crippen LogP contribution < -0.4 is 0 Å². The van der Waals surface area contributed by atoms with Gasteiger partial charge in [0.25, 0.3) is 0 Å². The van der Waals surface area contributed by atoms with Crippen molar-refractivity contribution in [2.24, 2.45) is 0 Å². The van der Waals surface area contributed by atoms with Crippen LogP contribution in [0, 0.1) is 0 Å². The zero-order valence-electron chi connectivity index (χ0n) is 22.4. The summed E-state index contributed by atoms with van der Waals surface area (Å²) in [5.41, 5.74) is 8.84. The van der Waals surface area contributed by atoms with Crippen molar-refractivity contribution in [2.75, 3.05) is 0 Å². The van der Waals surface area contributed by atoms with E-state index < -0.39 is 0 Å². The Morgan fingerprint density at radius 2 is 1.31 bits per heavy atom. The summed E-state index contributed by atoms with van der Waals surface area (Å²) in [5, 5.41) is 6.05. The number of hydrogen-bond acceptors (Lipinski definition) is 4. The van der Waals surface area contributed by atoms with Crippen LogP contribution in [-0.2, 0) is 0 Å². The van der Waals surface area contributed by atoms with Gasteiger partial charge in [-0.2, -0.15) is 0 Å². The van der Waals surface area contributed by atoms with Crippen molar-refractivity contribution in [3.05, 3.63) is 134 Å². The summed E-state index contributed by atoms with van der Waals surface area (Å²) >= 11 is 1.85. The third-order valence-corrected chi connectivity index (χ3v) is 9.40. The molecule has 0 saturated heterocycles. The molecule has 0 saturated carbocycles. The molecule has 0 spiro atoms. The fraction of sp³-hybridized carbons (Fsp3) is 0. The van der Waals surface area contributed by atoms with E-state index in [1.807, 2.05) is 17.4 Å². The van der Waals surface area contributed by atoms with Gasteiger partial charge in [-0.3, -0.25) is 0 Å². The summed E-state index contributed by atoms with van der Waals surface area (Å²) in [6.07, 6.45) is 1.65. The van der Waals surface area contributed by atoms with Crippen molar-refractivity contribution < 1.29 is 4.42 Å². The van der Waals surface area contributed by atoms with Crippen LogP contribution in [0.2, 0.25) is 0 Å². The van der Waals surface area contributed by atoms with Gasteiger partial charge < -0.3 is 4.42 Å². The van der Waals surface area contributed by atoms with E-state index in [-0.39, 0.29) is 0 Å². The Bertz CT molecular complexity index is 2490. The second kappa shape index (κ2) is 9.10. The van der Waals surface area contributed by atoms with E-state index in [0.29, 0.717) is 5.58 Å². The first-order valence-electron chi connectivity index (χ1n) is 14.0. The van der Waals surface area contributed by atoms with Crippen molar-refractivity contribution in [1.82, 2.24) is 9.97 Å². The summed E-state index contributed by atoms with van der Waals surface area (Å²) in [4.78, 5) is 9.40. The van der Waals surface area contributed by atoms with Crippen LogP contribution in [-0.4, -0.2) is 9.97 Å². The number of benzene rings is 6. The number of aromatic nitrogens is 2. The van der Waals surface area contributed by atoms with Gasteiger partial charge in [-0.25, -0.2) is 9.97 Å². The average Bonchev–Trinajstić information content (AvgIpc) is 3.63. The first-order chi connectivity index (χ1) is 20.8. The molecule has 0 bridgehead atoms. The van der Waals surface area contributed by atoms with E-state index >= 15 is 0 Å². The first-order valence-corrected chi connectivity index (χ1v) is 14.8. The molecular weight excluding hydrogens is 532 g/mol. The van der Waals surface area contributed by atoms with E-state index in [0.717, 1.165) is 38.9 Å². The monoisotopic (exact) mass is 554 g/mol. The van der Waals surface area contributed by atoms with Crippen LogP contribution in [0.25, 0.3) is 86.5 Å². The standard InChI is InChI=1S/C38H22N2OS/c1-2-8-24-19-25(16-15-23(24)7-1)26-17-18-33-32(21-26)36-37(41-33)35(39-22-40-36)28-10-5-9-27(20-28)29-12-6-13-31-30-11-3-4-14-34(30)42-38(29)31/h1-22H. The molecule has 3 aromatic heterocycles. The van der Waals surface area contributed by atoms with Gasteiger partial charge in [0, 0.05) is 31.1 Å². The van der Waals surface area contributed by atoms with Crippen LogP contribution in [0.4, 0.5) is 0 Å². The van der Waals surface area contributed by atoms with Gasteiger partial charge in [-0.1, -0.05) is 97.1 Å². The topological polar surface area (TPSA) is 38.9 Å². The van der Waals surface area contributed by atoms with E-state index in [9.17, 15) is 0 Å². The first kappa shape index (κ1) is 23.4. The molecule has 3 heterocycles. The molecule has 0 fully saturated rings. The van der Waals surface area contributed by atoms with Gasteiger partial charge in [0.05, 0.1) is 0 Å². The van der Waals surface area contributed by atoms with Gasteiger partial charge in [0.2, 0.25) is 0 Å². The lowest BCUT2D eigenvalue weighted by Crippen LogP contribution is -1.88. The van der Waals surface area contributed by atoms with Crippen molar-refractivity contribution in [3.8, 4) is 33.5 Å². The zero-order chi connectivity index (χ0) is 27.6. The Morgan fingerprint density at radius 1 is 0.524 bits per heavy atom. The maximum Gasteiger partial charge on any atom is 0.180 e. The SMILES string of the molecule is c1cc(-c2ncnc3c2oc2ccc(-c4ccc5ccccc5c4)cc23)cc(-c2cccc3c2sc2ccccc23)c1. The molecule has 4 heteroatoms. The molecule has 196 valence electrons. The number of thiophene rings is 1. The third-order valence-electron chi connectivity index (χ3n) is 8.18. The van der Waals surface area contributed by atoms with Crippen LogP contribution in [0.5, 0.6) is 0 Å². The lowest BCUT2D eigenvalue weighted by molar-refractivity contribution is 0.667. The van der Waals surface area contributed by atoms with Crippen LogP contribution in [0.3, 0.4) is 0 Å². The minimum Gasteiger partial charge on any atom is -0.452 e. The Labute approximate surface area is 245 Å². The molecule has 42 heavy (non-hydrogen) atoms.